The lowest BCUT2D eigenvalue weighted by atomic mass is 9.87. The van der Waals surface area contributed by atoms with Gasteiger partial charge in [0.05, 0.1) is 0 Å². The molecule has 0 nitrogen and oxygen atoms in total. The summed E-state index contributed by atoms with van der Waals surface area (Å²) >= 11 is 5.63. The van der Waals surface area contributed by atoms with Crippen molar-refractivity contribution in [3.63, 3.8) is 0 Å². The van der Waals surface area contributed by atoms with Crippen LogP contribution in [0.4, 0.5) is 0 Å². The number of benzene rings is 5. The first-order valence-corrected chi connectivity index (χ1v) is 11.6. The molecule has 1 heterocycles. The van der Waals surface area contributed by atoms with Gasteiger partial charge in [-0.25, -0.2) is 0 Å². The highest BCUT2D eigenvalue weighted by Gasteiger charge is 2.20. The summed E-state index contributed by atoms with van der Waals surface area (Å²) in [5, 5.41) is 8.64. The third-order valence-corrected chi connectivity index (χ3v) is 7.72. The van der Waals surface area contributed by atoms with Crippen molar-refractivity contribution in [1.82, 2.24) is 0 Å². The highest BCUT2D eigenvalue weighted by Crippen LogP contribution is 2.48. The minimum Gasteiger partial charge on any atom is -0.142 e. The maximum absolute atomic E-state index is 3.82. The van der Waals surface area contributed by atoms with Gasteiger partial charge >= 0.3 is 0 Å². The van der Waals surface area contributed by atoms with Gasteiger partial charge in [-0.1, -0.05) is 91.0 Å². The van der Waals surface area contributed by atoms with E-state index in [0.717, 1.165) is 0 Å². The number of thiophene rings is 1. The van der Waals surface area contributed by atoms with Crippen LogP contribution in [0.1, 0.15) is 0 Å². The molecule has 2 heteroatoms. The van der Waals surface area contributed by atoms with Gasteiger partial charge in [0.1, 0.15) is 0 Å². The van der Waals surface area contributed by atoms with E-state index in [1.165, 1.54) is 58.4 Å². The van der Waals surface area contributed by atoms with Crippen molar-refractivity contribution >= 4 is 58.9 Å². The summed E-state index contributed by atoms with van der Waals surface area (Å²) in [4.78, 5) is 0. The summed E-state index contributed by atoms with van der Waals surface area (Å²) in [6, 6.07) is 35.0. The Morgan fingerprint density at radius 2 is 1.27 bits per heavy atom. The Bertz CT molecular complexity index is 1540. The maximum atomic E-state index is 3.82. The van der Waals surface area contributed by atoms with Crippen LogP contribution in [-0.2, 0) is 0 Å². The van der Waals surface area contributed by atoms with Crippen molar-refractivity contribution in [3.05, 3.63) is 107 Å². The normalized spacial score (nSPS) is 11.5. The first kappa shape index (κ1) is 17.9. The highest BCUT2D eigenvalue weighted by atomic mass is 79.9. The Hall–Kier alpha value is -2.94. The molecule has 0 atom stereocenters. The number of rotatable bonds is 2. The second kappa shape index (κ2) is 7.09. The monoisotopic (exact) mass is 464 g/mol. The van der Waals surface area contributed by atoms with Gasteiger partial charge in [-0.2, -0.15) is 0 Å². The molecular formula is C28H17BrS. The number of halogens is 1. The van der Waals surface area contributed by atoms with Crippen molar-refractivity contribution in [2.75, 3.05) is 0 Å². The van der Waals surface area contributed by atoms with E-state index < -0.39 is 0 Å². The fourth-order valence-electron chi connectivity index (χ4n) is 4.46. The zero-order valence-corrected chi connectivity index (χ0v) is 18.5. The fourth-order valence-corrected chi connectivity index (χ4v) is 6.30. The van der Waals surface area contributed by atoms with Crippen LogP contribution in [0.25, 0.3) is 53.9 Å². The third-order valence-electron chi connectivity index (χ3n) is 5.79. The summed E-state index contributed by atoms with van der Waals surface area (Å²) in [6.07, 6.45) is 0. The van der Waals surface area contributed by atoms with Gasteiger partial charge in [0.15, 0.2) is 0 Å². The smallest absolute Gasteiger partial charge is 0.0445 e. The van der Waals surface area contributed by atoms with Crippen LogP contribution < -0.4 is 0 Å². The Morgan fingerprint density at radius 3 is 2.10 bits per heavy atom. The van der Waals surface area contributed by atoms with E-state index in [4.69, 9.17) is 0 Å². The lowest BCUT2D eigenvalue weighted by molar-refractivity contribution is 1.65. The molecule has 0 aliphatic heterocycles. The zero-order valence-electron chi connectivity index (χ0n) is 16.1. The van der Waals surface area contributed by atoms with Crippen LogP contribution >= 0.6 is 27.3 Å². The van der Waals surface area contributed by atoms with Gasteiger partial charge in [-0.05, 0) is 60.2 Å². The molecule has 0 saturated heterocycles. The molecular weight excluding hydrogens is 448 g/mol. The molecule has 0 aliphatic carbocycles. The Labute approximate surface area is 187 Å². The van der Waals surface area contributed by atoms with E-state index in [2.05, 4.69) is 118 Å². The van der Waals surface area contributed by atoms with E-state index in [0.29, 0.717) is 0 Å². The lowest BCUT2D eigenvalue weighted by Gasteiger charge is -2.17. The number of hydrogen-bond donors (Lipinski definition) is 0. The summed E-state index contributed by atoms with van der Waals surface area (Å²) in [5.41, 5.74) is 5.14. The van der Waals surface area contributed by atoms with E-state index in [-0.39, 0.29) is 0 Å². The summed E-state index contributed by atoms with van der Waals surface area (Å²) in [6.45, 7) is 0. The van der Waals surface area contributed by atoms with Gasteiger partial charge in [0, 0.05) is 25.5 Å². The van der Waals surface area contributed by atoms with Crippen LogP contribution in [0.3, 0.4) is 0 Å². The summed E-state index contributed by atoms with van der Waals surface area (Å²) in [5.74, 6) is 0. The number of hydrogen-bond acceptors (Lipinski definition) is 1. The molecule has 5 aromatic carbocycles. The first-order chi connectivity index (χ1) is 14.8. The molecule has 6 rings (SSSR count). The van der Waals surface area contributed by atoms with Crippen LogP contribution in [0.5, 0.6) is 0 Å². The van der Waals surface area contributed by atoms with E-state index in [9.17, 15) is 0 Å². The van der Waals surface area contributed by atoms with Crippen LogP contribution in [0, 0.1) is 0 Å². The maximum Gasteiger partial charge on any atom is 0.0445 e. The SMILES string of the molecule is Brc1csc2c(-c3ccccc3)c(-c3ccc4ccccc4c3)c3ccccc3c12. The largest absolute Gasteiger partial charge is 0.142 e. The van der Waals surface area contributed by atoms with Crippen molar-refractivity contribution in [2.24, 2.45) is 0 Å². The number of fused-ring (bicyclic) bond motifs is 4. The fraction of sp³-hybridized carbons (Fsp3) is 0. The molecule has 0 radical (unpaired) electrons. The van der Waals surface area contributed by atoms with Crippen molar-refractivity contribution in [2.45, 2.75) is 0 Å². The van der Waals surface area contributed by atoms with Crippen LogP contribution in [0.2, 0.25) is 0 Å². The average Bonchev–Trinajstić information content (AvgIpc) is 3.20. The summed E-state index contributed by atoms with van der Waals surface area (Å²) in [7, 11) is 0. The molecule has 6 aromatic rings. The molecule has 0 unspecified atom stereocenters. The lowest BCUT2D eigenvalue weighted by Crippen LogP contribution is -1.90. The third kappa shape index (κ3) is 2.72. The zero-order chi connectivity index (χ0) is 20.1. The van der Waals surface area contributed by atoms with E-state index >= 15 is 0 Å². The second-order valence-corrected chi connectivity index (χ2v) is 9.25. The van der Waals surface area contributed by atoms with Crippen LogP contribution in [0.15, 0.2) is 107 Å². The van der Waals surface area contributed by atoms with Gasteiger partial charge in [0.2, 0.25) is 0 Å². The van der Waals surface area contributed by atoms with Crippen molar-refractivity contribution in [1.29, 1.82) is 0 Å². The molecule has 1 aromatic heterocycles. The standard InChI is InChI=1S/C28H17BrS/c29-24-17-30-28-26(19-9-2-1-3-10-19)25(22-12-6-7-13-23(22)27(24)28)21-15-14-18-8-4-5-11-20(18)16-21/h1-17H. The molecule has 0 aliphatic rings. The quantitative estimate of drug-likeness (QED) is 0.239. The predicted molar refractivity (Wildman–Crippen MR) is 135 cm³/mol. The topological polar surface area (TPSA) is 0 Å². The molecule has 0 amide bonds. The van der Waals surface area contributed by atoms with Gasteiger partial charge in [-0.15, -0.1) is 11.3 Å². The highest BCUT2D eigenvalue weighted by molar-refractivity contribution is 9.10. The van der Waals surface area contributed by atoms with E-state index in [1.807, 2.05) is 11.3 Å². The van der Waals surface area contributed by atoms with E-state index in [1.54, 1.807) is 0 Å². The average molecular weight is 465 g/mol. The predicted octanol–water partition coefficient (Wildman–Crippen LogP) is 9.30. The van der Waals surface area contributed by atoms with Crippen LogP contribution in [-0.4, -0.2) is 0 Å². The Kier molecular flexibility index (Phi) is 4.22. The van der Waals surface area contributed by atoms with Gasteiger partial charge < -0.3 is 0 Å². The van der Waals surface area contributed by atoms with Crippen molar-refractivity contribution < 1.29 is 0 Å². The molecule has 0 N–H and O–H groups in total. The molecule has 0 bridgehead atoms. The molecule has 142 valence electrons. The summed E-state index contributed by atoms with van der Waals surface area (Å²) < 4.78 is 2.50. The minimum absolute atomic E-state index is 1.17. The Balaban J connectivity index is 1.83. The molecule has 0 saturated carbocycles. The van der Waals surface area contributed by atoms with Crippen molar-refractivity contribution in [3.8, 4) is 22.3 Å². The van der Waals surface area contributed by atoms with Gasteiger partial charge in [-0.3, -0.25) is 0 Å². The minimum atomic E-state index is 1.17. The first-order valence-electron chi connectivity index (χ1n) is 9.97. The second-order valence-electron chi connectivity index (χ2n) is 7.51. The van der Waals surface area contributed by atoms with Gasteiger partial charge in [0.25, 0.3) is 0 Å². The Morgan fingerprint density at radius 1 is 0.567 bits per heavy atom. The molecule has 30 heavy (non-hydrogen) atoms. The molecule has 0 spiro atoms. The molecule has 0 fully saturated rings.